The quantitative estimate of drug-likeness (QED) is 0.770. The summed E-state index contributed by atoms with van der Waals surface area (Å²) >= 11 is 9.15. The molecule has 1 aromatic heterocycles. The van der Waals surface area contributed by atoms with Gasteiger partial charge in [-0.2, -0.15) is 5.10 Å². The first kappa shape index (κ1) is 10.7. The summed E-state index contributed by atoms with van der Waals surface area (Å²) < 4.78 is 2.62. The predicted octanol–water partition coefficient (Wildman–Crippen LogP) is 3.68. The minimum Gasteiger partial charge on any atom is -0.240 e. The fourth-order valence-corrected chi connectivity index (χ4v) is 2.08. The molecule has 1 aromatic carbocycles. The lowest BCUT2D eigenvalue weighted by molar-refractivity contribution is 0.870. The largest absolute Gasteiger partial charge is 0.240 e. The topological polar surface area (TPSA) is 17.8 Å². The third kappa shape index (κ3) is 2.24. The number of hydrogen-bond donors (Lipinski definition) is 0. The average molecular weight is 286 g/mol. The summed E-state index contributed by atoms with van der Waals surface area (Å²) in [5.41, 5.74) is 3.28. The molecule has 0 fully saturated rings. The van der Waals surface area contributed by atoms with Gasteiger partial charge in [-0.1, -0.05) is 17.7 Å². The Morgan fingerprint density at radius 2 is 2.00 bits per heavy atom. The van der Waals surface area contributed by atoms with Crippen molar-refractivity contribution in [3.8, 4) is 5.69 Å². The Morgan fingerprint density at radius 1 is 1.33 bits per heavy atom. The van der Waals surface area contributed by atoms with E-state index in [4.69, 9.17) is 11.6 Å². The SMILES string of the molecule is Cc1ccc(-n2cc(CCl)c(Br)n2)cc1. The van der Waals surface area contributed by atoms with Gasteiger partial charge in [0.25, 0.3) is 0 Å². The lowest BCUT2D eigenvalue weighted by atomic mass is 10.2. The van der Waals surface area contributed by atoms with Gasteiger partial charge in [-0.3, -0.25) is 0 Å². The van der Waals surface area contributed by atoms with E-state index in [0.29, 0.717) is 5.88 Å². The van der Waals surface area contributed by atoms with Crippen LogP contribution < -0.4 is 0 Å². The molecular formula is C11H10BrClN2. The van der Waals surface area contributed by atoms with E-state index in [1.54, 1.807) is 0 Å². The highest BCUT2D eigenvalue weighted by molar-refractivity contribution is 9.10. The highest BCUT2D eigenvalue weighted by Crippen LogP contribution is 2.19. The molecule has 0 radical (unpaired) electrons. The molecular weight excluding hydrogens is 275 g/mol. The Hall–Kier alpha value is -0.800. The van der Waals surface area contributed by atoms with E-state index in [0.717, 1.165) is 15.9 Å². The highest BCUT2D eigenvalue weighted by Gasteiger charge is 2.05. The van der Waals surface area contributed by atoms with Crippen LogP contribution in [0.3, 0.4) is 0 Å². The second-order valence-corrected chi connectivity index (χ2v) is 4.38. The van der Waals surface area contributed by atoms with Crippen molar-refractivity contribution in [3.63, 3.8) is 0 Å². The molecule has 4 heteroatoms. The van der Waals surface area contributed by atoms with Crippen molar-refractivity contribution in [2.45, 2.75) is 12.8 Å². The number of nitrogens with zero attached hydrogens (tertiary/aromatic N) is 2. The maximum atomic E-state index is 5.77. The number of hydrogen-bond acceptors (Lipinski definition) is 1. The van der Waals surface area contributed by atoms with Crippen molar-refractivity contribution in [3.05, 3.63) is 46.2 Å². The second kappa shape index (κ2) is 4.37. The molecule has 2 rings (SSSR count). The summed E-state index contributed by atoms with van der Waals surface area (Å²) in [6, 6.07) is 8.19. The van der Waals surface area contributed by atoms with E-state index in [2.05, 4.69) is 40.1 Å². The Bertz CT molecular complexity index is 462. The van der Waals surface area contributed by atoms with E-state index in [9.17, 15) is 0 Å². The molecule has 0 saturated heterocycles. The smallest absolute Gasteiger partial charge is 0.132 e. The third-order valence-electron chi connectivity index (χ3n) is 2.18. The van der Waals surface area contributed by atoms with Gasteiger partial charge in [0, 0.05) is 11.8 Å². The summed E-state index contributed by atoms with van der Waals surface area (Å²) in [6.45, 7) is 2.06. The van der Waals surface area contributed by atoms with Crippen LogP contribution in [0.1, 0.15) is 11.1 Å². The zero-order valence-corrected chi connectivity index (χ0v) is 10.6. The van der Waals surface area contributed by atoms with Gasteiger partial charge in [0.1, 0.15) is 4.60 Å². The molecule has 15 heavy (non-hydrogen) atoms. The van der Waals surface area contributed by atoms with Crippen LogP contribution in [-0.2, 0) is 5.88 Å². The molecule has 0 N–H and O–H groups in total. The maximum Gasteiger partial charge on any atom is 0.132 e. The minimum atomic E-state index is 0.465. The average Bonchev–Trinajstić information content (AvgIpc) is 2.61. The van der Waals surface area contributed by atoms with Crippen molar-refractivity contribution < 1.29 is 0 Å². The minimum absolute atomic E-state index is 0.465. The molecule has 1 heterocycles. The molecule has 2 aromatic rings. The normalized spacial score (nSPS) is 10.6. The van der Waals surface area contributed by atoms with Gasteiger partial charge in [-0.05, 0) is 35.0 Å². The second-order valence-electron chi connectivity index (χ2n) is 3.36. The zero-order chi connectivity index (χ0) is 10.8. The predicted molar refractivity (Wildman–Crippen MR) is 65.6 cm³/mol. The molecule has 0 aliphatic rings. The molecule has 0 atom stereocenters. The first-order chi connectivity index (χ1) is 7.20. The number of benzene rings is 1. The molecule has 78 valence electrons. The molecule has 0 spiro atoms. The lowest BCUT2D eigenvalue weighted by Gasteiger charge is -2.00. The number of aryl methyl sites for hydroxylation is 1. The van der Waals surface area contributed by atoms with Gasteiger partial charge >= 0.3 is 0 Å². The van der Waals surface area contributed by atoms with Crippen molar-refractivity contribution in [2.75, 3.05) is 0 Å². The number of rotatable bonds is 2. The molecule has 0 aliphatic heterocycles. The Labute approximate surface area is 102 Å². The summed E-state index contributed by atoms with van der Waals surface area (Å²) in [7, 11) is 0. The van der Waals surface area contributed by atoms with E-state index < -0.39 is 0 Å². The van der Waals surface area contributed by atoms with Crippen LogP contribution in [0.25, 0.3) is 5.69 Å². The molecule has 0 amide bonds. The van der Waals surface area contributed by atoms with Gasteiger partial charge in [0.2, 0.25) is 0 Å². The summed E-state index contributed by atoms with van der Waals surface area (Å²) in [4.78, 5) is 0. The van der Waals surface area contributed by atoms with Crippen LogP contribution >= 0.6 is 27.5 Å². The van der Waals surface area contributed by atoms with Crippen LogP contribution in [0.4, 0.5) is 0 Å². The van der Waals surface area contributed by atoms with Crippen LogP contribution in [0.2, 0.25) is 0 Å². The lowest BCUT2D eigenvalue weighted by Crippen LogP contribution is -1.93. The van der Waals surface area contributed by atoms with E-state index in [-0.39, 0.29) is 0 Å². The van der Waals surface area contributed by atoms with E-state index in [1.165, 1.54) is 5.56 Å². The van der Waals surface area contributed by atoms with Gasteiger partial charge in [0.05, 0.1) is 11.6 Å². The summed E-state index contributed by atoms with van der Waals surface area (Å²) in [5.74, 6) is 0.465. The fourth-order valence-electron chi connectivity index (χ4n) is 1.31. The Kier molecular flexibility index (Phi) is 3.12. The van der Waals surface area contributed by atoms with Crippen molar-refractivity contribution in [1.29, 1.82) is 0 Å². The van der Waals surface area contributed by atoms with Gasteiger partial charge < -0.3 is 0 Å². The van der Waals surface area contributed by atoms with E-state index >= 15 is 0 Å². The third-order valence-corrected chi connectivity index (χ3v) is 3.14. The maximum absolute atomic E-state index is 5.77. The molecule has 0 unspecified atom stereocenters. The van der Waals surface area contributed by atoms with Crippen LogP contribution in [0.15, 0.2) is 35.1 Å². The van der Waals surface area contributed by atoms with Crippen molar-refractivity contribution in [2.24, 2.45) is 0 Å². The Balaban J connectivity index is 2.41. The highest BCUT2D eigenvalue weighted by atomic mass is 79.9. The van der Waals surface area contributed by atoms with Crippen LogP contribution in [0, 0.1) is 6.92 Å². The van der Waals surface area contributed by atoms with Gasteiger partial charge in [-0.25, -0.2) is 4.68 Å². The van der Waals surface area contributed by atoms with Crippen molar-refractivity contribution >= 4 is 27.5 Å². The van der Waals surface area contributed by atoms with Crippen LogP contribution in [-0.4, -0.2) is 9.78 Å². The van der Waals surface area contributed by atoms with Gasteiger partial charge in [-0.15, -0.1) is 11.6 Å². The van der Waals surface area contributed by atoms with Gasteiger partial charge in [0.15, 0.2) is 0 Å². The number of aromatic nitrogens is 2. The fraction of sp³-hybridized carbons (Fsp3) is 0.182. The summed E-state index contributed by atoms with van der Waals surface area (Å²) in [5, 5.41) is 4.33. The Morgan fingerprint density at radius 3 is 2.53 bits per heavy atom. The van der Waals surface area contributed by atoms with Crippen molar-refractivity contribution in [1.82, 2.24) is 9.78 Å². The molecule has 0 saturated carbocycles. The molecule has 0 bridgehead atoms. The first-order valence-corrected chi connectivity index (χ1v) is 5.90. The monoisotopic (exact) mass is 284 g/mol. The molecule has 2 nitrogen and oxygen atoms in total. The zero-order valence-electron chi connectivity index (χ0n) is 8.24. The standard InChI is InChI=1S/C11H10BrClN2/c1-8-2-4-10(5-3-8)15-7-9(6-13)11(12)14-15/h2-5,7H,6H2,1H3. The summed E-state index contributed by atoms with van der Waals surface area (Å²) in [6.07, 6.45) is 1.93. The number of alkyl halides is 1. The molecule has 0 aliphatic carbocycles. The van der Waals surface area contributed by atoms with E-state index in [1.807, 2.05) is 23.0 Å². The van der Waals surface area contributed by atoms with Crippen LogP contribution in [0.5, 0.6) is 0 Å². The number of halogens is 2. The first-order valence-electron chi connectivity index (χ1n) is 4.58.